The maximum Gasteiger partial charge on any atom is 0.471 e. The van der Waals surface area contributed by atoms with Crippen molar-refractivity contribution in [3.63, 3.8) is 0 Å². The van der Waals surface area contributed by atoms with Gasteiger partial charge in [0.15, 0.2) is 0 Å². The number of nitrogens with one attached hydrogen (secondary N) is 2. The fourth-order valence-corrected chi connectivity index (χ4v) is 1.29. The maximum atomic E-state index is 11.8. The fourth-order valence-electron chi connectivity index (χ4n) is 1.29. The van der Waals surface area contributed by atoms with Gasteiger partial charge in [-0.2, -0.15) is 13.2 Å². The van der Waals surface area contributed by atoms with E-state index in [1.165, 1.54) is 5.32 Å². The van der Waals surface area contributed by atoms with Crippen molar-refractivity contribution < 1.29 is 42.0 Å². The molecule has 1 heterocycles. The van der Waals surface area contributed by atoms with Gasteiger partial charge in [-0.05, 0) is 0 Å². The minimum atomic E-state index is -5.13. The van der Waals surface area contributed by atoms with Crippen LogP contribution in [0, 0.1) is 0 Å². The lowest BCUT2D eigenvalue weighted by atomic mass is 10.4. The third kappa shape index (κ3) is 5.03. The Bertz CT molecular complexity index is 503. The van der Waals surface area contributed by atoms with Crippen LogP contribution in [0.25, 0.3) is 0 Å². The van der Waals surface area contributed by atoms with E-state index in [9.17, 15) is 37.1 Å². The van der Waals surface area contributed by atoms with Crippen molar-refractivity contribution in [2.45, 2.75) is 19.0 Å². The largest absolute Gasteiger partial charge is 0.471 e. The van der Waals surface area contributed by atoms with Gasteiger partial charge in [0, 0.05) is 12.8 Å². The van der Waals surface area contributed by atoms with Gasteiger partial charge >= 0.3 is 18.1 Å². The van der Waals surface area contributed by atoms with E-state index in [2.05, 4.69) is 4.84 Å². The lowest BCUT2D eigenvalue weighted by Crippen LogP contribution is -2.44. The number of hydroxylamine groups is 2. The minimum absolute atomic E-state index is 0.109. The predicted molar refractivity (Wildman–Crippen MR) is 59.3 cm³/mol. The summed E-state index contributed by atoms with van der Waals surface area (Å²) in [6.07, 6.45) is -5.35. The number of amides is 4. The first-order valence-electron chi connectivity index (χ1n) is 5.79. The Hall–Kier alpha value is -2.66. The van der Waals surface area contributed by atoms with Gasteiger partial charge in [0.2, 0.25) is 5.91 Å². The fraction of sp³-hybridized carbons (Fsp3) is 0.500. The number of alkyl halides is 3. The highest BCUT2D eigenvalue weighted by molar-refractivity contribution is 6.01. The Morgan fingerprint density at radius 3 is 2.09 bits per heavy atom. The quantitative estimate of drug-likeness (QED) is 0.586. The van der Waals surface area contributed by atoms with E-state index in [0.29, 0.717) is 0 Å². The highest BCUT2D eigenvalue weighted by Gasteiger charge is 2.38. The molecule has 12 heteroatoms. The Morgan fingerprint density at radius 2 is 1.59 bits per heavy atom. The summed E-state index contributed by atoms with van der Waals surface area (Å²) in [4.78, 5) is 59.4. The highest BCUT2D eigenvalue weighted by Crippen LogP contribution is 2.13. The molecule has 0 aromatic carbocycles. The monoisotopic (exact) mass is 325 g/mol. The zero-order chi connectivity index (χ0) is 16.9. The van der Waals surface area contributed by atoms with Crippen molar-refractivity contribution >= 4 is 29.6 Å². The molecule has 0 saturated carbocycles. The van der Waals surface area contributed by atoms with Crippen molar-refractivity contribution in [1.82, 2.24) is 15.7 Å². The Balaban J connectivity index is 2.29. The van der Waals surface area contributed by atoms with Crippen molar-refractivity contribution in [3.8, 4) is 0 Å². The standard InChI is InChI=1S/C10H10F3N3O6/c11-10(12,13)9(21)15-3-5(17)14-4-8(20)22-16-6(18)1-2-7(16)19/h1-4H2,(H,14,17)(H,15,21). The SMILES string of the molecule is O=C(CNC(=O)C(F)(F)F)NCC(=O)ON1C(=O)CCC1=O. The molecule has 2 N–H and O–H groups in total. The van der Waals surface area contributed by atoms with E-state index in [-0.39, 0.29) is 17.9 Å². The summed E-state index contributed by atoms with van der Waals surface area (Å²) in [7, 11) is 0. The maximum absolute atomic E-state index is 11.8. The van der Waals surface area contributed by atoms with Gasteiger partial charge in [0.25, 0.3) is 11.8 Å². The summed E-state index contributed by atoms with van der Waals surface area (Å²) < 4.78 is 35.5. The van der Waals surface area contributed by atoms with Gasteiger partial charge in [0.1, 0.15) is 6.54 Å². The average molecular weight is 325 g/mol. The summed E-state index contributed by atoms with van der Waals surface area (Å²) >= 11 is 0. The average Bonchev–Trinajstić information content (AvgIpc) is 2.73. The number of carbonyl (C=O) groups is 5. The van der Waals surface area contributed by atoms with Gasteiger partial charge in [-0.3, -0.25) is 19.2 Å². The molecule has 1 aliphatic rings. The van der Waals surface area contributed by atoms with Crippen molar-refractivity contribution in [2.24, 2.45) is 0 Å². The minimum Gasteiger partial charge on any atom is -0.344 e. The van der Waals surface area contributed by atoms with Crippen LogP contribution >= 0.6 is 0 Å². The van der Waals surface area contributed by atoms with Crippen LogP contribution in [0.5, 0.6) is 0 Å². The van der Waals surface area contributed by atoms with Crippen LogP contribution in [0.1, 0.15) is 12.8 Å². The molecule has 0 aromatic rings. The molecule has 9 nitrogen and oxygen atoms in total. The van der Waals surface area contributed by atoms with Gasteiger partial charge in [0.05, 0.1) is 6.54 Å². The van der Waals surface area contributed by atoms with E-state index in [1.54, 1.807) is 0 Å². The zero-order valence-corrected chi connectivity index (χ0v) is 10.9. The van der Waals surface area contributed by atoms with Gasteiger partial charge in [-0.1, -0.05) is 0 Å². The second-order valence-corrected chi connectivity index (χ2v) is 4.00. The van der Waals surface area contributed by atoms with E-state index in [1.807, 2.05) is 5.32 Å². The number of nitrogens with zero attached hydrogens (tertiary/aromatic N) is 1. The molecule has 0 aromatic heterocycles. The van der Waals surface area contributed by atoms with E-state index in [4.69, 9.17) is 0 Å². The van der Waals surface area contributed by atoms with Crippen LogP contribution in [0.3, 0.4) is 0 Å². The Morgan fingerprint density at radius 1 is 1.05 bits per heavy atom. The van der Waals surface area contributed by atoms with Gasteiger partial charge in [-0.25, -0.2) is 4.79 Å². The van der Waals surface area contributed by atoms with Crippen LogP contribution in [0.4, 0.5) is 13.2 Å². The summed E-state index contributed by atoms with van der Waals surface area (Å²) in [5, 5.41) is 3.38. The van der Waals surface area contributed by atoms with Gasteiger partial charge < -0.3 is 15.5 Å². The predicted octanol–water partition coefficient (Wildman–Crippen LogP) is -1.61. The summed E-state index contributed by atoms with van der Waals surface area (Å²) in [5.41, 5.74) is 0. The second kappa shape index (κ2) is 6.87. The molecular formula is C10H10F3N3O6. The molecule has 0 radical (unpaired) electrons. The van der Waals surface area contributed by atoms with E-state index in [0.717, 1.165) is 0 Å². The molecule has 22 heavy (non-hydrogen) atoms. The van der Waals surface area contributed by atoms with Crippen LogP contribution in [-0.2, 0) is 28.8 Å². The lowest BCUT2D eigenvalue weighted by molar-refractivity contribution is -0.196. The second-order valence-electron chi connectivity index (χ2n) is 4.00. The molecule has 0 spiro atoms. The summed E-state index contributed by atoms with van der Waals surface area (Å²) in [6, 6.07) is 0. The first-order chi connectivity index (χ1) is 10.1. The third-order valence-electron chi connectivity index (χ3n) is 2.30. The zero-order valence-electron chi connectivity index (χ0n) is 10.9. The molecular weight excluding hydrogens is 315 g/mol. The van der Waals surface area contributed by atoms with Gasteiger partial charge in [-0.15, -0.1) is 5.06 Å². The summed E-state index contributed by atoms with van der Waals surface area (Å²) in [5.74, 6) is -6.00. The topological polar surface area (TPSA) is 122 Å². The molecule has 0 aliphatic carbocycles. The molecule has 122 valence electrons. The molecule has 4 amide bonds. The van der Waals surface area contributed by atoms with E-state index < -0.39 is 48.9 Å². The first kappa shape index (κ1) is 17.4. The number of halogens is 3. The first-order valence-corrected chi connectivity index (χ1v) is 5.79. The van der Waals surface area contributed by atoms with Crippen LogP contribution < -0.4 is 10.6 Å². The van der Waals surface area contributed by atoms with Crippen LogP contribution in [0.15, 0.2) is 0 Å². The number of hydrogen-bond acceptors (Lipinski definition) is 6. The molecule has 0 bridgehead atoms. The smallest absolute Gasteiger partial charge is 0.344 e. The van der Waals surface area contributed by atoms with Crippen molar-refractivity contribution in [1.29, 1.82) is 0 Å². The van der Waals surface area contributed by atoms with Crippen molar-refractivity contribution in [3.05, 3.63) is 0 Å². The Kier molecular flexibility index (Phi) is 5.43. The highest BCUT2D eigenvalue weighted by atomic mass is 19.4. The Labute approximate surface area is 120 Å². The number of imide groups is 1. The van der Waals surface area contributed by atoms with Crippen LogP contribution in [-0.4, -0.2) is 53.9 Å². The third-order valence-corrected chi connectivity index (χ3v) is 2.30. The molecule has 1 rings (SSSR count). The number of rotatable bonds is 5. The van der Waals surface area contributed by atoms with Crippen molar-refractivity contribution in [2.75, 3.05) is 13.1 Å². The molecule has 0 unspecified atom stereocenters. The van der Waals surface area contributed by atoms with E-state index >= 15 is 0 Å². The number of hydrogen-bond donors (Lipinski definition) is 2. The number of carbonyl (C=O) groups excluding carboxylic acids is 5. The lowest BCUT2D eigenvalue weighted by Gasteiger charge is -2.13. The molecule has 0 atom stereocenters. The normalized spacial score (nSPS) is 14.8. The molecule has 1 aliphatic heterocycles. The summed E-state index contributed by atoms with van der Waals surface area (Å²) in [6.45, 7) is -1.80. The van der Waals surface area contributed by atoms with Crippen LogP contribution in [0.2, 0.25) is 0 Å². The molecule has 1 saturated heterocycles. The molecule has 1 fully saturated rings.